The van der Waals surface area contributed by atoms with Crippen molar-refractivity contribution in [1.82, 2.24) is 0 Å². The van der Waals surface area contributed by atoms with Gasteiger partial charge in [0.15, 0.2) is 0 Å². The maximum atomic E-state index is 12.2. The Kier molecular flexibility index (Phi) is 4.43. The van der Waals surface area contributed by atoms with Crippen LogP contribution in [0.3, 0.4) is 0 Å². The van der Waals surface area contributed by atoms with E-state index in [4.69, 9.17) is 5.73 Å². The summed E-state index contributed by atoms with van der Waals surface area (Å²) in [5.74, 6) is -0.656. The highest BCUT2D eigenvalue weighted by Crippen LogP contribution is 2.32. The first-order chi connectivity index (χ1) is 9.90. The van der Waals surface area contributed by atoms with Gasteiger partial charge in [0, 0.05) is 4.88 Å². The van der Waals surface area contributed by atoms with Gasteiger partial charge in [-0.05, 0) is 37.5 Å². The Hall–Kier alpha value is -2.14. The number of carbonyl (C=O) groups is 2. The van der Waals surface area contributed by atoms with Crippen molar-refractivity contribution < 1.29 is 9.59 Å². The van der Waals surface area contributed by atoms with Crippen molar-refractivity contribution in [2.24, 2.45) is 5.73 Å². The summed E-state index contributed by atoms with van der Waals surface area (Å²) in [4.78, 5) is 24.7. The maximum Gasteiger partial charge on any atom is 0.251 e. The molecule has 1 heterocycles. The van der Waals surface area contributed by atoms with E-state index in [1.165, 1.54) is 11.3 Å². The van der Waals surface area contributed by atoms with Gasteiger partial charge in [-0.15, -0.1) is 11.3 Å². The van der Waals surface area contributed by atoms with Crippen LogP contribution in [-0.4, -0.2) is 11.8 Å². The molecule has 110 valence electrons. The zero-order valence-electron chi connectivity index (χ0n) is 12.3. The van der Waals surface area contributed by atoms with Crippen LogP contribution in [0.25, 0.3) is 0 Å². The lowest BCUT2D eigenvalue weighted by molar-refractivity contribution is -0.115. The monoisotopic (exact) mass is 302 g/mol. The molecule has 0 aliphatic carbocycles. The van der Waals surface area contributed by atoms with Crippen LogP contribution in [0.4, 0.5) is 5.00 Å². The zero-order valence-corrected chi connectivity index (χ0v) is 13.1. The molecule has 0 unspecified atom stereocenters. The molecule has 0 fully saturated rings. The summed E-state index contributed by atoms with van der Waals surface area (Å²) in [5.41, 5.74) is 8.69. The quantitative estimate of drug-likeness (QED) is 0.911. The molecule has 0 spiro atoms. The Morgan fingerprint density at radius 3 is 2.48 bits per heavy atom. The van der Waals surface area contributed by atoms with Crippen molar-refractivity contribution in [2.45, 2.75) is 27.2 Å². The highest BCUT2D eigenvalue weighted by Gasteiger charge is 2.19. The third-order valence-corrected chi connectivity index (χ3v) is 4.62. The predicted molar refractivity (Wildman–Crippen MR) is 85.8 cm³/mol. The largest absolute Gasteiger partial charge is 0.365 e. The second kappa shape index (κ2) is 6.10. The van der Waals surface area contributed by atoms with Crippen LogP contribution in [0.5, 0.6) is 0 Å². The van der Waals surface area contributed by atoms with Crippen molar-refractivity contribution in [3.05, 3.63) is 51.4 Å². The third-order valence-electron chi connectivity index (χ3n) is 3.50. The van der Waals surface area contributed by atoms with Gasteiger partial charge in [0.25, 0.3) is 5.91 Å². The number of amides is 2. The molecule has 0 radical (unpaired) electrons. The average Bonchev–Trinajstić information content (AvgIpc) is 2.67. The fourth-order valence-electron chi connectivity index (χ4n) is 2.16. The molecule has 4 nitrogen and oxygen atoms in total. The molecule has 0 atom stereocenters. The Morgan fingerprint density at radius 1 is 1.19 bits per heavy atom. The van der Waals surface area contributed by atoms with E-state index >= 15 is 0 Å². The lowest BCUT2D eigenvalue weighted by Crippen LogP contribution is -2.18. The molecule has 3 N–H and O–H groups in total. The topological polar surface area (TPSA) is 72.2 Å². The van der Waals surface area contributed by atoms with Crippen LogP contribution in [0.1, 0.15) is 31.9 Å². The van der Waals surface area contributed by atoms with Gasteiger partial charge in [0.05, 0.1) is 12.0 Å². The number of nitrogens with one attached hydrogen (secondary N) is 1. The number of thiophene rings is 1. The Labute approximate surface area is 128 Å². The van der Waals surface area contributed by atoms with E-state index in [-0.39, 0.29) is 12.3 Å². The number of benzene rings is 1. The van der Waals surface area contributed by atoms with Gasteiger partial charge in [-0.25, -0.2) is 0 Å². The van der Waals surface area contributed by atoms with E-state index in [1.807, 2.05) is 45.0 Å². The molecule has 1 aromatic heterocycles. The Bertz CT molecular complexity index is 704. The van der Waals surface area contributed by atoms with Crippen molar-refractivity contribution in [2.75, 3.05) is 5.32 Å². The summed E-state index contributed by atoms with van der Waals surface area (Å²) in [6.45, 7) is 5.71. The first kappa shape index (κ1) is 15.3. The van der Waals surface area contributed by atoms with Gasteiger partial charge < -0.3 is 11.1 Å². The van der Waals surface area contributed by atoms with Gasteiger partial charge >= 0.3 is 0 Å². The van der Waals surface area contributed by atoms with Crippen LogP contribution >= 0.6 is 11.3 Å². The number of rotatable bonds is 4. The smallest absolute Gasteiger partial charge is 0.251 e. The minimum Gasteiger partial charge on any atom is -0.365 e. The van der Waals surface area contributed by atoms with Crippen molar-refractivity contribution in [3.8, 4) is 0 Å². The number of hydrogen-bond acceptors (Lipinski definition) is 3. The third kappa shape index (κ3) is 3.31. The second-order valence-electron chi connectivity index (χ2n) is 5.00. The van der Waals surface area contributed by atoms with Crippen LogP contribution < -0.4 is 11.1 Å². The van der Waals surface area contributed by atoms with E-state index in [0.29, 0.717) is 10.6 Å². The predicted octanol–water partition coefficient (Wildman–Crippen LogP) is 2.95. The first-order valence-electron chi connectivity index (χ1n) is 6.64. The number of hydrogen-bond donors (Lipinski definition) is 2. The van der Waals surface area contributed by atoms with E-state index in [1.54, 1.807) is 0 Å². The summed E-state index contributed by atoms with van der Waals surface area (Å²) in [6, 6.07) is 7.74. The summed E-state index contributed by atoms with van der Waals surface area (Å²) < 4.78 is 0. The maximum absolute atomic E-state index is 12.2. The molecule has 0 aliphatic heterocycles. The molecule has 0 aliphatic rings. The summed E-state index contributed by atoms with van der Waals surface area (Å²) in [6.07, 6.45) is 0.279. The Morgan fingerprint density at radius 2 is 1.86 bits per heavy atom. The molecule has 2 rings (SSSR count). The molecule has 0 saturated carbocycles. The van der Waals surface area contributed by atoms with Gasteiger partial charge in [0.2, 0.25) is 5.91 Å². The highest BCUT2D eigenvalue weighted by atomic mass is 32.1. The van der Waals surface area contributed by atoms with E-state index in [9.17, 15) is 9.59 Å². The van der Waals surface area contributed by atoms with Gasteiger partial charge in [-0.1, -0.05) is 24.3 Å². The highest BCUT2D eigenvalue weighted by molar-refractivity contribution is 7.16. The lowest BCUT2D eigenvalue weighted by atomic mass is 10.1. The summed E-state index contributed by atoms with van der Waals surface area (Å²) in [7, 11) is 0. The number of primary amides is 1. The summed E-state index contributed by atoms with van der Waals surface area (Å²) in [5, 5.41) is 3.35. The molecule has 5 heteroatoms. The molecule has 0 bridgehead atoms. The Balaban J connectivity index is 2.19. The van der Waals surface area contributed by atoms with Gasteiger partial charge in [-0.2, -0.15) is 0 Å². The number of carbonyl (C=O) groups excluding carboxylic acids is 2. The molecular formula is C16H18N2O2S. The SMILES string of the molecule is Cc1ccccc1CC(=O)Nc1sc(C)c(C)c1C(N)=O. The molecule has 1 aromatic carbocycles. The van der Waals surface area contributed by atoms with E-state index in [2.05, 4.69) is 5.32 Å². The average molecular weight is 302 g/mol. The molecular weight excluding hydrogens is 284 g/mol. The van der Waals surface area contributed by atoms with Crippen LogP contribution in [-0.2, 0) is 11.2 Å². The number of aryl methyl sites for hydroxylation is 2. The molecule has 21 heavy (non-hydrogen) atoms. The van der Waals surface area contributed by atoms with Gasteiger partial charge in [0.1, 0.15) is 5.00 Å². The first-order valence-corrected chi connectivity index (χ1v) is 7.46. The van der Waals surface area contributed by atoms with Crippen LogP contribution in [0.2, 0.25) is 0 Å². The second-order valence-corrected chi connectivity index (χ2v) is 6.23. The van der Waals surface area contributed by atoms with Crippen molar-refractivity contribution in [1.29, 1.82) is 0 Å². The lowest BCUT2D eigenvalue weighted by Gasteiger charge is -2.07. The fraction of sp³-hybridized carbons (Fsp3) is 0.250. The number of nitrogens with two attached hydrogens (primary N) is 1. The zero-order chi connectivity index (χ0) is 15.6. The van der Waals surface area contributed by atoms with Crippen LogP contribution in [0.15, 0.2) is 24.3 Å². The van der Waals surface area contributed by atoms with Gasteiger partial charge in [-0.3, -0.25) is 9.59 Å². The molecule has 2 aromatic rings. The van der Waals surface area contributed by atoms with Crippen LogP contribution in [0, 0.1) is 20.8 Å². The normalized spacial score (nSPS) is 10.4. The summed E-state index contributed by atoms with van der Waals surface area (Å²) >= 11 is 1.38. The standard InChI is InChI=1S/C16H18N2O2S/c1-9-6-4-5-7-12(9)8-13(19)18-16-14(15(17)20)10(2)11(3)21-16/h4-7H,8H2,1-3H3,(H2,17,20)(H,18,19). The molecule has 2 amide bonds. The van der Waals surface area contributed by atoms with E-state index < -0.39 is 5.91 Å². The number of anilines is 1. The fourth-order valence-corrected chi connectivity index (χ4v) is 3.25. The van der Waals surface area contributed by atoms with Crippen molar-refractivity contribution in [3.63, 3.8) is 0 Å². The van der Waals surface area contributed by atoms with E-state index in [0.717, 1.165) is 21.6 Å². The molecule has 0 saturated heterocycles. The minimum absolute atomic E-state index is 0.145. The van der Waals surface area contributed by atoms with Crippen molar-refractivity contribution >= 4 is 28.2 Å². The minimum atomic E-state index is -0.511.